The number of nitrogens with zero attached hydrogens (tertiary/aromatic N) is 1. The number of hydrogen-bond donors (Lipinski definition) is 2. The third kappa shape index (κ3) is 3.07. The lowest BCUT2D eigenvalue weighted by Crippen LogP contribution is -2.38. The van der Waals surface area contributed by atoms with Crippen molar-refractivity contribution in [1.29, 1.82) is 5.41 Å². The monoisotopic (exact) mass is 283 g/mol. The lowest BCUT2D eigenvalue weighted by molar-refractivity contribution is 0.0457. The molecule has 0 bridgehead atoms. The van der Waals surface area contributed by atoms with Crippen LogP contribution in [0.1, 0.15) is 25.3 Å². The summed E-state index contributed by atoms with van der Waals surface area (Å²) >= 11 is 0. The normalized spacial score (nSPS) is 16.4. The Balaban J connectivity index is 2.16. The van der Waals surface area contributed by atoms with Crippen molar-refractivity contribution in [1.82, 2.24) is 0 Å². The average molecular weight is 283 g/mol. The Morgan fingerprint density at radius 1 is 1.35 bits per heavy atom. The first-order chi connectivity index (χ1) is 9.52. The summed E-state index contributed by atoms with van der Waals surface area (Å²) < 4.78 is 33.6. The Hall–Kier alpha value is -1.69. The minimum absolute atomic E-state index is 0.0371. The maximum Gasteiger partial charge on any atom is 0.150 e. The maximum atomic E-state index is 14.0. The second kappa shape index (κ2) is 6.17. The topological polar surface area (TPSA) is 62.3 Å². The quantitative estimate of drug-likeness (QED) is 0.658. The molecule has 0 atom stereocenters. The zero-order valence-electron chi connectivity index (χ0n) is 11.5. The van der Waals surface area contributed by atoms with Gasteiger partial charge < -0.3 is 15.4 Å². The van der Waals surface area contributed by atoms with Gasteiger partial charge in [0, 0.05) is 25.3 Å². The predicted molar refractivity (Wildman–Crippen MR) is 74.2 cm³/mol. The molecule has 20 heavy (non-hydrogen) atoms. The van der Waals surface area contributed by atoms with Gasteiger partial charge >= 0.3 is 0 Å². The van der Waals surface area contributed by atoms with Gasteiger partial charge in [0.1, 0.15) is 23.2 Å². The maximum absolute atomic E-state index is 14.0. The first kappa shape index (κ1) is 14.7. The molecular formula is C14H19F2N3O. The fourth-order valence-electron chi connectivity index (χ4n) is 2.50. The SMILES string of the molecule is CCOC1CCN(c2c(F)cc(C(=N)N)cc2F)CC1. The summed E-state index contributed by atoms with van der Waals surface area (Å²) in [6.07, 6.45) is 1.67. The second-order valence-corrected chi connectivity index (χ2v) is 4.84. The minimum Gasteiger partial charge on any atom is -0.384 e. The summed E-state index contributed by atoms with van der Waals surface area (Å²) in [7, 11) is 0. The molecule has 1 fully saturated rings. The first-order valence-electron chi connectivity index (χ1n) is 6.73. The number of ether oxygens (including phenoxy) is 1. The molecule has 6 heteroatoms. The van der Waals surface area contributed by atoms with E-state index in [1.165, 1.54) is 0 Å². The van der Waals surface area contributed by atoms with Crippen LogP contribution >= 0.6 is 0 Å². The van der Waals surface area contributed by atoms with E-state index in [1.807, 2.05) is 6.92 Å². The van der Waals surface area contributed by atoms with Crippen molar-refractivity contribution in [2.45, 2.75) is 25.9 Å². The van der Waals surface area contributed by atoms with E-state index < -0.39 is 11.6 Å². The number of piperidine rings is 1. The van der Waals surface area contributed by atoms with Crippen LogP contribution in [0, 0.1) is 17.0 Å². The number of nitrogen functional groups attached to an aromatic ring is 1. The zero-order chi connectivity index (χ0) is 14.7. The van der Waals surface area contributed by atoms with Gasteiger partial charge in [-0.1, -0.05) is 0 Å². The molecule has 0 aliphatic carbocycles. The highest BCUT2D eigenvalue weighted by Gasteiger charge is 2.24. The number of anilines is 1. The third-order valence-corrected chi connectivity index (χ3v) is 3.49. The van der Waals surface area contributed by atoms with E-state index in [0.717, 1.165) is 25.0 Å². The predicted octanol–water partition coefficient (Wildman–Crippen LogP) is 2.25. The highest BCUT2D eigenvalue weighted by atomic mass is 19.1. The van der Waals surface area contributed by atoms with Crippen LogP contribution in [-0.4, -0.2) is 31.6 Å². The lowest BCUT2D eigenvalue weighted by Gasteiger charge is -2.33. The molecule has 110 valence electrons. The Labute approximate surface area is 117 Å². The molecule has 0 radical (unpaired) electrons. The molecule has 1 aliphatic heterocycles. The van der Waals surface area contributed by atoms with E-state index in [2.05, 4.69) is 0 Å². The van der Waals surface area contributed by atoms with Crippen molar-refractivity contribution < 1.29 is 13.5 Å². The van der Waals surface area contributed by atoms with Gasteiger partial charge in [-0.05, 0) is 31.9 Å². The Bertz CT molecular complexity index is 476. The van der Waals surface area contributed by atoms with E-state index in [-0.39, 0.29) is 23.2 Å². The summed E-state index contributed by atoms with van der Waals surface area (Å²) in [5.41, 5.74) is 5.28. The van der Waals surface area contributed by atoms with E-state index in [4.69, 9.17) is 15.9 Å². The summed E-state index contributed by atoms with van der Waals surface area (Å²) in [4.78, 5) is 1.68. The minimum atomic E-state index is -0.676. The van der Waals surface area contributed by atoms with Crippen molar-refractivity contribution in [2.24, 2.45) is 5.73 Å². The third-order valence-electron chi connectivity index (χ3n) is 3.49. The van der Waals surface area contributed by atoms with Crippen LogP contribution in [0.3, 0.4) is 0 Å². The number of nitrogens with two attached hydrogens (primary N) is 1. The molecule has 2 rings (SSSR count). The van der Waals surface area contributed by atoms with Gasteiger partial charge in [0.05, 0.1) is 6.10 Å². The Morgan fingerprint density at radius 3 is 2.35 bits per heavy atom. The van der Waals surface area contributed by atoms with E-state index in [1.54, 1.807) is 4.90 Å². The molecule has 1 aromatic carbocycles. The highest BCUT2D eigenvalue weighted by Crippen LogP contribution is 2.28. The Kier molecular flexibility index (Phi) is 4.54. The van der Waals surface area contributed by atoms with E-state index >= 15 is 0 Å². The van der Waals surface area contributed by atoms with Crippen LogP contribution < -0.4 is 10.6 Å². The number of rotatable bonds is 4. The fourth-order valence-corrected chi connectivity index (χ4v) is 2.50. The number of nitrogens with one attached hydrogen (secondary N) is 1. The van der Waals surface area contributed by atoms with E-state index in [9.17, 15) is 8.78 Å². The van der Waals surface area contributed by atoms with Crippen molar-refractivity contribution in [3.05, 3.63) is 29.3 Å². The molecule has 0 unspecified atom stereocenters. The number of hydrogen-bond acceptors (Lipinski definition) is 3. The van der Waals surface area contributed by atoms with Crippen LogP contribution in [0.5, 0.6) is 0 Å². The lowest BCUT2D eigenvalue weighted by atomic mass is 10.1. The smallest absolute Gasteiger partial charge is 0.150 e. The molecule has 3 N–H and O–H groups in total. The summed E-state index contributed by atoms with van der Waals surface area (Å²) in [5.74, 6) is -1.69. The molecule has 0 aromatic heterocycles. The van der Waals surface area contributed by atoms with Gasteiger partial charge in [0.25, 0.3) is 0 Å². The van der Waals surface area contributed by atoms with Crippen LogP contribution in [0.25, 0.3) is 0 Å². The molecule has 0 saturated carbocycles. The van der Waals surface area contributed by atoms with Crippen molar-refractivity contribution in [3.63, 3.8) is 0 Å². The standard InChI is InChI=1S/C14H19F2N3O/c1-2-20-10-3-5-19(6-4-10)13-11(15)7-9(14(17)18)8-12(13)16/h7-8,10H,2-6H2,1H3,(H3,17,18). The van der Waals surface area contributed by atoms with Crippen LogP contribution in [0.4, 0.5) is 14.5 Å². The molecule has 1 aliphatic rings. The van der Waals surface area contributed by atoms with E-state index in [0.29, 0.717) is 19.7 Å². The zero-order valence-corrected chi connectivity index (χ0v) is 11.5. The summed E-state index contributed by atoms with van der Waals surface area (Å²) in [6, 6.07) is 2.21. The average Bonchev–Trinajstić information content (AvgIpc) is 2.40. The number of halogens is 2. The van der Waals surface area contributed by atoms with Gasteiger partial charge in [-0.2, -0.15) is 0 Å². The molecule has 1 saturated heterocycles. The highest BCUT2D eigenvalue weighted by molar-refractivity contribution is 5.95. The van der Waals surface area contributed by atoms with Crippen LogP contribution in [0.2, 0.25) is 0 Å². The van der Waals surface area contributed by atoms with Gasteiger partial charge in [-0.15, -0.1) is 0 Å². The summed E-state index contributed by atoms with van der Waals surface area (Å²) in [5, 5.41) is 7.23. The first-order valence-corrected chi connectivity index (χ1v) is 6.73. The second-order valence-electron chi connectivity index (χ2n) is 4.84. The van der Waals surface area contributed by atoms with Crippen molar-refractivity contribution in [2.75, 3.05) is 24.6 Å². The fraction of sp³-hybridized carbons (Fsp3) is 0.500. The molecular weight excluding hydrogens is 264 g/mol. The molecule has 0 amide bonds. The molecule has 1 heterocycles. The van der Waals surface area contributed by atoms with Crippen molar-refractivity contribution in [3.8, 4) is 0 Å². The van der Waals surface area contributed by atoms with Gasteiger partial charge in [0.2, 0.25) is 0 Å². The van der Waals surface area contributed by atoms with Gasteiger partial charge in [-0.3, -0.25) is 5.41 Å². The molecule has 1 aromatic rings. The Morgan fingerprint density at radius 2 is 1.90 bits per heavy atom. The van der Waals surface area contributed by atoms with Crippen LogP contribution in [-0.2, 0) is 4.74 Å². The molecule has 0 spiro atoms. The number of benzene rings is 1. The van der Waals surface area contributed by atoms with Gasteiger partial charge in [0.15, 0.2) is 0 Å². The number of amidine groups is 1. The molecule has 4 nitrogen and oxygen atoms in total. The van der Waals surface area contributed by atoms with Crippen LogP contribution in [0.15, 0.2) is 12.1 Å². The summed E-state index contributed by atoms with van der Waals surface area (Å²) in [6.45, 7) is 3.70. The van der Waals surface area contributed by atoms with Crippen molar-refractivity contribution >= 4 is 11.5 Å². The van der Waals surface area contributed by atoms with Gasteiger partial charge in [-0.25, -0.2) is 8.78 Å². The largest absolute Gasteiger partial charge is 0.384 e.